The molecule has 0 aliphatic heterocycles. The maximum atomic E-state index is 5.92. The smallest absolute Gasteiger partial charge is 0.236 e. The molecule has 0 spiro atoms. The Morgan fingerprint density at radius 1 is 1.20 bits per heavy atom. The van der Waals surface area contributed by atoms with Crippen molar-refractivity contribution < 1.29 is 9.15 Å². The minimum absolute atomic E-state index is 0.312. The number of rotatable bonds is 4. The number of benzene rings is 1. The van der Waals surface area contributed by atoms with Crippen molar-refractivity contribution >= 4 is 34.5 Å². The van der Waals surface area contributed by atoms with Gasteiger partial charge in [0.05, 0.1) is 14.9 Å². The zero-order valence-corrected chi connectivity index (χ0v) is 12.5. The Kier molecular flexibility index (Phi) is 3.96. The highest BCUT2D eigenvalue weighted by molar-refractivity contribution is 7.13. The van der Waals surface area contributed by atoms with Crippen LogP contribution in [0.3, 0.4) is 0 Å². The van der Waals surface area contributed by atoms with E-state index in [0.29, 0.717) is 28.3 Å². The summed E-state index contributed by atoms with van der Waals surface area (Å²) in [4.78, 5) is 5.36. The van der Waals surface area contributed by atoms with E-state index in [9.17, 15) is 0 Å². The van der Waals surface area contributed by atoms with Crippen LogP contribution in [-0.4, -0.2) is 4.98 Å². The van der Waals surface area contributed by atoms with Crippen LogP contribution in [0.4, 0.5) is 0 Å². The van der Waals surface area contributed by atoms with Crippen LogP contribution < -0.4 is 4.74 Å². The molecule has 0 saturated carbocycles. The first-order valence-corrected chi connectivity index (χ1v) is 7.42. The predicted molar refractivity (Wildman–Crippen MR) is 80.6 cm³/mol. The summed E-state index contributed by atoms with van der Waals surface area (Å²) in [7, 11) is 0. The molecule has 20 heavy (non-hydrogen) atoms. The van der Waals surface area contributed by atoms with Crippen LogP contribution in [0.5, 0.6) is 5.75 Å². The zero-order chi connectivity index (χ0) is 13.9. The highest BCUT2D eigenvalue weighted by atomic mass is 35.5. The molecule has 0 unspecified atom stereocenters. The van der Waals surface area contributed by atoms with Crippen molar-refractivity contribution in [2.45, 2.75) is 6.61 Å². The summed E-state index contributed by atoms with van der Waals surface area (Å²) in [6.07, 6.45) is 1.59. The monoisotopic (exact) mass is 325 g/mol. The Bertz CT molecular complexity index is 710. The molecule has 102 valence electrons. The molecule has 3 nitrogen and oxygen atoms in total. The normalized spacial score (nSPS) is 10.7. The van der Waals surface area contributed by atoms with Crippen LogP contribution in [-0.2, 0) is 6.61 Å². The third-order valence-corrected chi connectivity index (χ3v) is 4.16. The second-order valence-electron chi connectivity index (χ2n) is 3.99. The maximum Gasteiger partial charge on any atom is 0.236 e. The summed E-state index contributed by atoms with van der Waals surface area (Å²) >= 11 is 13.3. The number of nitrogens with zero attached hydrogens (tertiary/aromatic N) is 1. The summed E-state index contributed by atoms with van der Waals surface area (Å²) in [5.74, 6) is 1.24. The van der Waals surface area contributed by atoms with Crippen molar-refractivity contribution in [3.8, 4) is 16.5 Å². The fourth-order valence-corrected chi connectivity index (χ4v) is 2.55. The summed E-state index contributed by atoms with van der Waals surface area (Å²) < 4.78 is 11.0. The minimum atomic E-state index is 0.312. The largest absolute Gasteiger partial charge is 0.487 e. The Morgan fingerprint density at radius 3 is 2.85 bits per heavy atom. The van der Waals surface area contributed by atoms with Gasteiger partial charge in [-0.15, -0.1) is 11.3 Å². The quantitative estimate of drug-likeness (QED) is 0.653. The number of ether oxygens (including phenoxy) is 1. The molecule has 0 radical (unpaired) electrons. The van der Waals surface area contributed by atoms with E-state index in [1.165, 1.54) is 0 Å². The van der Waals surface area contributed by atoms with Crippen molar-refractivity contribution in [3.63, 3.8) is 0 Å². The van der Waals surface area contributed by atoms with Gasteiger partial charge in [0.25, 0.3) is 0 Å². The van der Waals surface area contributed by atoms with Crippen molar-refractivity contribution in [2.75, 3.05) is 0 Å². The third kappa shape index (κ3) is 2.98. The molecule has 3 aromatic rings. The average Bonchev–Trinajstić information content (AvgIpc) is 3.09. The van der Waals surface area contributed by atoms with Gasteiger partial charge in [-0.05, 0) is 23.6 Å². The van der Waals surface area contributed by atoms with Gasteiger partial charge >= 0.3 is 0 Å². The lowest BCUT2D eigenvalue weighted by molar-refractivity contribution is 0.301. The highest BCUT2D eigenvalue weighted by Gasteiger charge is 2.08. The molecule has 6 heteroatoms. The van der Waals surface area contributed by atoms with E-state index in [-0.39, 0.29) is 0 Å². The topological polar surface area (TPSA) is 35.3 Å². The molecular weight excluding hydrogens is 317 g/mol. The van der Waals surface area contributed by atoms with Crippen LogP contribution in [0.2, 0.25) is 10.0 Å². The van der Waals surface area contributed by atoms with E-state index in [0.717, 1.165) is 10.6 Å². The molecule has 2 aromatic heterocycles. The highest BCUT2D eigenvalue weighted by Crippen LogP contribution is 2.27. The van der Waals surface area contributed by atoms with Gasteiger partial charge in [-0.25, -0.2) is 4.98 Å². The van der Waals surface area contributed by atoms with Crippen LogP contribution >= 0.6 is 34.5 Å². The zero-order valence-electron chi connectivity index (χ0n) is 10.2. The number of hydrogen-bond acceptors (Lipinski definition) is 4. The SMILES string of the molecule is Clc1ccc(OCc2coc(-c3cccs3)n2)cc1Cl. The van der Waals surface area contributed by atoms with Gasteiger partial charge in [0.15, 0.2) is 0 Å². The molecule has 2 heterocycles. The summed E-state index contributed by atoms with van der Waals surface area (Å²) in [5.41, 5.74) is 0.722. The van der Waals surface area contributed by atoms with Crippen LogP contribution in [0, 0.1) is 0 Å². The fourth-order valence-electron chi connectivity index (χ4n) is 1.61. The molecule has 3 rings (SSSR count). The lowest BCUT2D eigenvalue weighted by Gasteiger charge is -2.04. The molecular formula is C14H9Cl2NO2S. The first kappa shape index (κ1) is 13.5. The Hall–Kier alpha value is -1.49. The van der Waals surface area contributed by atoms with Crippen molar-refractivity contribution in [1.82, 2.24) is 4.98 Å². The van der Waals surface area contributed by atoms with Crippen molar-refractivity contribution in [2.24, 2.45) is 0 Å². The number of aromatic nitrogens is 1. The number of thiophene rings is 1. The van der Waals surface area contributed by atoms with Gasteiger partial charge < -0.3 is 9.15 Å². The van der Waals surface area contributed by atoms with Gasteiger partial charge in [-0.3, -0.25) is 0 Å². The Labute approximate surface area is 129 Å². The number of hydrogen-bond donors (Lipinski definition) is 0. The van der Waals surface area contributed by atoms with Crippen molar-refractivity contribution in [3.05, 3.63) is 57.7 Å². The molecule has 0 bridgehead atoms. The minimum Gasteiger partial charge on any atom is -0.487 e. The van der Waals surface area contributed by atoms with Gasteiger partial charge in [0, 0.05) is 6.07 Å². The molecule has 0 aliphatic carbocycles. The lowest BCUT2D eigenvalue weighted by atomic mass is 10.3. The van der Waals surface area contributed by atoms with E-state index in [1.54, 1.807) is 35.8 Å². The maximum absolute atomic E-state index is 5.92. The predicted octanol–water partition coefficient (Wildman–Crippen LogP) is 5.29. The summed E-state index contributed by atoms with van der Waals surface area (Å²) in [6.45, 7) is 0.312. The molecule has 0 amide bonds. The van der Waals surface area contributed by atoms with Crippen LogP contribution in [0.25, 0.3) is 10.8 Å². The Balaban J connectivity index is 1.68. The molecule has 1 aromatic carbocycles. The van der Waals surface area contributed by atoms with E-state index in [4.69, 9.17) is 32.4 Å². The van der Waals surface area contributed by atoms with Gasteiger partial charge in [-0.1, -0.05) is 29.3 Å². The second kappa shape index (κ2) is 5.87. The van der Waals surface area contributed by atoms with E-state index in [2.05, 4.69) is 4.98 Å². The average molecular weight is 326 g/mol. The Morgan fingerprint density at radius 2 is 2.10 bits per heavy atom. The van der Waals surface area contributed by atoms with E-state index >= 15 is 0 Å². The standard InChI is InChI=1S/C14H9Cl2NO2S/c15-11-4-3-10(6-12(11)16)18-7-9-8-19-14(17-9)13-2-1-5-20-13/h1-6,8H,7H2. The second-order valence-corrected chi connectivity index (χ2v) is 5.75. The molecule has 0 aliphatic rings. The van der Waals surface area contributed by atoms with Gasteiger partial charge in [0.1, 0.15) is 24.3 Å². The molecule has 0 saturated heterocycles. The van der Waals surface area contributed by atoms with Crippen molar-refractivity contribution in [1.29, 1.82) is 0 Å². The number of halogens is 2. The fraction of sp³-hybridized carbons (Fsp3) is 0.0714. The molecule has 0 fully saturated rings. The third-order valence-electron chi connectivity index (χ3n) is 2.56. The summed E-state index contributed by atoms with van der Waals surface area (Å²) in [5, 5.41) is 2.94. The number of oxazole rings is 1. The van der Waals surface area contributed by atoms with E-state index in [1.807, 2.05) is 17.5 Å². The van der Waals surface area contributed by atoms with Crippen LogP contribution in [0.1, 0.15) is 5.69 Å². The van der Waals surface area contributed by atoms with Gasteiger partial charge in [0.2, 0.25) is 5.89 Å². The first-order chi connectivity index (χ1) is 9.72. The van der Waals surface area contributed by atoms with Gasteiger partial charge in [-0.2, -0.15) is 0 Å². The lowest BCUT2D eigenvalue weighted by Crippen LogP contribution is -1.95. The summed E-state index contributed by atoms with van der Waals surface area (Å²) in [6, 6.07) is 9.04. The molecule has 0 atom stereocenters. The molecule has 0 N–H and O–H groups in total. The first-order valence-electron chi connectivity index (χ1n) is 5.78. The van der Waals surface area contributed by atoms with E-state index < -0.39 is 0 Å². The van der Waals surface area contributed by atoms with Crippen LogP contribution in [0.15, 0.2) is 46.4 Å².